The molecule has 35 heavy (non-hydrogen) atoms. The van der Waals surface area contributed by atoms with Gasteiger partial charge in [-0.3, -0.25) is 9.59 Å². The van der Waals surface area contributed by atoms with Crippen molar-refractivity contribution in [2.24, 2.45) is 0 Å². The van der Waals surface area contributed by atoms with Crippen molar-refractivity contribution in [2.45, 2.75) is 25.3 Å². The van der Waals surface area contributed by atoms with Gasteiger partial charge >= 0.3 is 0 Å². The molecule has 178 valence electrons. The van der Waals surface area contributed by atoms with Gasteiger partial charge in [0.25, 0.3) is 5.91 Å². The molecule has 0 aliphatic carbocycles. The number of hydrogen-bond donors (Lipinski definition) is 1. The van der Waals surface area contributed by atoms with Crippen molar-refractivity contribution in [3.05, 3.63) is 101 Å². The van der Waals surface area contributed by atoms with E-state index in [1.807, 2.05) is 24.5 Å². The van der Waals surface area contributed by atoms with Crippen molar-refractivity contribution in [1.29, 1.82) is 0 Å². The van der Waals surface area contributed by atoms with Crippen LogP contribution < -0.4 is 0 Å². The SMILES string of the molecule is O=C(CO)c1ccc(Cn2ccc3cc(C4CCN(C(=O)c5cccc(F)c5)CC4)cnc32)cc1. The molecule has 0 spiro atoms. The third-order valence-corrected chi connectivity index (χ3v) is 6.72. The number of rotatable bonds is 6. The van der Waals surface area contributed by atoms with E-state index in [1.54, 1.807) is 29.2 Å². The fraction of sp³-hybridized carbons (Fsp3) is 0.250. The van der Waals surface area contributed by atoms with E-state index in [0.29, 0.717) is 36.7 Å². The van der Waals surface area contributed by atoms with Crippen LogP contribution in [-0.2, 0) is 6.54 Å². The predicted molar refractivity (Wildman–Crippen MR) is 131 cm³/mol. The zero-order valence-electron chi connectivity index (χ0n) is 19.2. The van der Waals surface area contributed by atoms with Gasteiger partial charge < -0.3 is 14.6 Å². The molecular weight excluding hydrogens is 445 g/mol. The van der Waals surface area contributed by atoms with Crippen LogP contribution in [0.2, 0.25) is 0 Å². The number of amides is 1. The Hall–Kier alpha value is -3.84. The summed E-state index contributed by atoms with van der Waals surface area (Å²) in [7, 11) is 0. The molecule has 0 saturated carbocycles. The minimum Gasteiger partial charge on any atom is -0.388 e. The zero-order chi connectivity index (χ0) is 24.4. The van der Waals surface area contributed by atoms with Gasteiger partial charge in [0, 0.05) is 48.5 Å². The number of carbonyl (C=O) groups is 2. The number of nitrogens with zero attached hydrogens (tertiary/aromatic N) is 3. The normalized spacial score (nSPS) is 14.4. The second-order valence-corrected chi connectivity index (χ2v) is 8.98. The molecule has 1 N–H and O–H groups in total. The Kier molecular flexibility index (Phi) is 6.42. The van der Waals surface area contributed by atoms with Gasteiger partial charge in [0.1, 0.15) is 18.1 Å². The van der Waals surface area contributed by atoms with E-state index in [4.69, 9.17) is 10.1 Å². The van der Waals surface area contributed by atoms with Crippen LogP contribution in [-0.4, -0.2) is 50.9 Å². The van der Waals surface area contributed by atoms with Crippen molar-refractivity contribution in [2.75, 3.05) is 19.7 Å². The quantitative estimate of drug-likeness (QED) is 0.423. The maximum absolute atomic E-state index is 13.5. The highest BCUT2D eigenvalue weighted by Gasteiger charge is 2.25. The Morgan fingerprint density at radius 3 is 2.49 bits per heavy atom. The number of fused-ring (bicyclic) bond motifs is 1. The minimum atomic E-state index is -0.490. The number of pyridine rings is 1. The average molecular weight is 472 g/mol. The monoisotopic (exact) mass is 471 g/mol. The number of benzene rings is 2. The van der Waals surface area contributed by atoms with Crippen molar-refractivity contribution in [1.82, 2.24) is 14.5 Å². The molecule has 5 rings (SSSR count). The summed E-state index contributed by atoms with van der Waals surface area (Å²) in [4.78, 5) is 30.9. The van der Waals surface area contributed by atoms with Gasteiger partial charge in [-0.1, -0.05) is 30.3 Å². The first-order chi connectivity index (χ1) is 17.0. The van der Waals surface area contributed by atoms with Gasteiger partial charge in [-0.15, -0.1) is 0 Å². The molecule has 2 aromatic heterocycles. The lowest BCUT2D eigenvalue weighted by molar-refractivity contribution is 0.0712. The van der Waals surface area contributed by atoms with E-state index in [0.717, 1.165) is 29.4 Å². The molecular formula is C28H26FN3O3. The smallest absolute Gasteiger partial charge is 0.253 e. The van der Waals surface area contributed by atoms with E-state index in [-0.39, 0.29) is 11.7 Å². The summed E-state index contributed by atoms with van der Waals surface area (Å²) in [5, 5.41) is 10.1. The van der Waals surface area contributed by atoms with Crippen LogP contribution in [0.4, 0.5) is 4.39 Å². The molecule has 6 nitrogen and oxygen atoms in total. The summed E-state index contributed by atoms with van der Waals surface area (Å²) in [6.45, 7) is 1.40. The number of Topliss-reactive ketones (excluding diaryl/α,β-unsaturated/α-hetero) is 1. The molecule has 0 atom stereocenters. The van der Waals surface area contributed by atoms with Crippen molar-refractivity contribution < 1.29 is 19.1 Å². The largest absolute Gasteiger partial charge is 0.388 e. The molecule has 1 aliphatic heterocycles. The van der Waals surface area contributed by atoms with Gasteiger partial charge in [-0.25, -0.2) is 9.37 Å². The second-order valence-electron chi connectivity index (χ2n) is 8.98. The van der Waals surface area contributed by atoms with Gasteiger partial charge in [-0.05, 0) is 60.2 Å². The first-order valence-electron chi connectivity index (χ1n) is 11.7. The fourth-order valence-electron chi connectivity index (χ4n) is 4.75. The van der Waals surface area contributed by atoms with E-state index < -0.39 is 12.4 Å². The molecule has 0 unspecified atom stereocenters. The maximum Gasteiger partial charge on any atom is 0.253 e. The summed E-state index contributed by atoms with van der Waals surface area (Å²) in [5.74, 6) is -0.488. The van der Waals surface area contributed by atoms with E-state index >= 15 is 0 Å². The van der Waals surface area contributed by atoms with E-state index in [2.05, 4.69) is 16.7 Å². The van der Waals surface area contributed by atoms with Crippen LogP contribution in [0.15, 0.2) is 73.1 Å². The lowest BCUT2D eigenvalue weighted by atomic mass is 9.90. The first-order valence-corrected chi connectivity index (χ1v) is 11.7. The molecule has 7 heteroatoms. The van der Waals surface area contributed by atoms with Crippen LogP contribution in [0.3, 0.4) is 0 Å². The van der Waals surface area contributed by atoms with Crippen molar-refractivity contribution >= 4 is 22.7 Å². The summed E-state index contributed by atoms with van der Waals surface area (Å²) < 4.78 is 15.6. The highest BCUT2D eigenvalue weighted by Crippen LogP contribution is 2.30. The Labute approximate surface area is 202 Å². The zero-order valence-corrected chi connectivity index (χ0v) is 19.2. The summed E-state index contributed by atoms with van der Waals surface area (Å²) >= 11 is 0. The average Bonchev–Trinajstić information content (AvgIpc) is 3.30. The van der Waals surface area contributed by atoms with Gasteiger partial charge in [0.05, 0.1) is 0 Å². The van der Waals surface area contributed by atoms with Gasteiger partial charge in [0.15, 0.2) is 5.78 Å². The number of aliphatic hydroxyl groups is 1. The standard InChI is InChI=1S/C28H26FN3O3/c29-25-3-1-2-23(15-25)28(35)31-11-8-20(9-12-31)24-14-22-10-13-32(27(22)30-16-24)17-19-4-6-21(7-5-19)26(34)18-33/h1-7,10,13-16,20,33H,8-9,11-12,17-18H2. The molecule has 1 fully saturated rings. The molecule has 3 heterocycles. The van der Waals surface area contributed by atoms with E-state index in [1.165, 1.54) is 17.7 Å². The lowest BCUT2D eigenvalue weighted by Crippen LogP contribution is -2.38. The number of ketones is 1. The summed E-state index contributed by atoms with van der Waals surface area (Å²) in [5.41, 5.74) is 3.99. The summed E-state index contributed by atoms with van der Waals surface area (Å²) in [6, 6.07) is 17.3. The Morgan fingerprint density at radius 2 is 1.77 bits per heavy atom. The van der Waals surface area contributed by atoms with Crippen LogP contribution in [0.1, 0.15) is 50.6 Å². The molecule has 2 aromatic carbocycles. The molecule has 0 radical (unpaired) electrons. The molecule has 4 aromatic rings. The lowest BCUT2D eigenvalue weighted by Gasteiger charge is -2.32. The number of hydrogen-bond acceptors (Lipinski definition) is 4. The number of piperidine rings is 1. The summed E-state index contributed by atoms with van der Waals surface area (Å²) in [6.07, 6.45) is 5.62. The topological polar surface area (TPSA) is 75.4 Å². The first kappa shape index (κ1) is 22.9. The number of carbonyl (C=O) groups excluding carboxylic acids is 2. The van der Waals surface area contributed by atoms with Crippen molar-refractivity contribution in [3.63, 3.8) is 0 Å². The Balaban J connectivity index is 1.25. The van der Waals surface area contributed by atoms with Crippen molar-refractivity contribution in [3.8, 4) is 0 Å². The molecule has 1 saturated heterocycles. The second kappa shape index (κ2) is 9.80. The number of aromatic nitrogens is 2. The highest BCUT2D eigenvalue weighted by molar-refractivity contribution is 5.97. The number of likely N-dealkylation sites (tertiary alicyclic amines) is 1. The van der Waals surface area contributed by atoms with Gasteiger partial charge in [-0.2, -0.15) is 0 Å². The third-order valence-electron chi connectivity index (χ3n) is 6.72. The maximum atomic E-state index is 13.5. The van der Waals surface area contributed by atoms with Crippen LogP contribution >= 0.6 is 0 Å². The van der Waals surface area contributed by atoms with Crippen LogP contribution in [0, 0.1) is 5.82 Å². The third kappa shape index (κ3) is 4.86. The number of halogens is 1. The molecule has 1 aliphatic rings. The molecule has 0 bridgehead atoms. The van der Waals surface area contributed by atoms with Gasteiger partial charge in [0.2, 0.25) is 0 Å². The van der Waals surface area contributed by atoms with Crippen LogP contribution in [0.5, 0.6) is 0 Å². The Morgan fingerprint density at radius 1 is 1.00 bits per heavy atom. The fourth-order valence-corrected chi connectivity index (χ4v) is 4.75. The predicted octanol–water partition coefficient (Wildman–Crippen LogP) is 4.42. The Bertz CT molecular complexity index is 1370. The van der Waals surface area contributed by atoms with Crippen LogP contribution in [0.25, 0.3) is 11.0 Å². The minimum absolute atomic E-state index is 0.123. The molecule has 1 amide bonds. The van der Waals surface area contributed by atoms with E-state index in [9.17, 15) is 14.0 Å². The number of aliphatic hydroxyl groups excluding tert-OH is 1. The highest BCUT2D eigenvalue weighted by atomic mass is 19.1.